The molecule has 2 rings (SSSR count). The van der Waals surface area contributed by atoms with Gasteiger partial charge in [-0.15, -0.1) is 0 Å². The second kappa shape index (κ2) is 9.70. The maximum Gasteiger partial charge on any atom is 0.136 e. The van der Waals surface area contributed by atoms with Crippen molar-refractivity contribution in [3.8, 4) is 5.75 Å². The molecule has 0 spiro atoms. The molecule has 2 aromatic rings. The summed E-state index contributed by atoms with van der Waals surface area (Å²) in [6.07, 6.45) is -0.760. The Labute approximate surface area is 186 Å². The fourth-order valence-electron chi connectivity index (χ4n) is 3.74. The standard InChI is InChI=1S/C26H39NO4/c1-24(2,3)20-8-7-9-21(25(4,5)6)22(20)31-23(26(15-28,16-29)17-30)19-12-10-18(14-27)11-13-19/h7-13,23,28-30H,14-17,27H2,1-6H3. The molecule has 1 atom stereocenters. The zero-order valence-corrected chi connectivity index (χ0v) is 19.8. The van der Waals surface area contributed by atoms with Crippen LogP contribution in [0.1, 0.15) is 69.9 Å². The Bertz CT molecular complexity index is 803. The Hall–Kier alpha value is -1.92. The van der Waals surface area contributed by atoms with Crippen LogP contribution in [-0.2, 0) is 17.4 Å². The van der Waals surface area contributed by atoms with Gasteiger partial charge in [-0.05, 0) is 33.1 Å². The SMILES string of the molecule is CC(C)(C)c1cccc(C(C)(C)C)c1OC(c1ccc(CN)cc1)C(CO)(CO)CO. The van der Waals surface area contributed by atoms with E-state index in [2.05, 4.69) is 53.7 Å². The average molecular weight is 430 g/mol. The highest BCUT2D eigenvalue weighted by Gasteiger charge is 2.42. The van der Waals surface area contributed by atoms with Crippen LogP contribution in [0.3, 0.4) is 0 Å². The highest BCUT2D eigenvalue weighted by atomic mass is 16.5. The zero-order chi connectivity index (χ0) is 23.4. The molecular weight excluding hydrogens is 390 g/mol. The van der Waals surface area contributed by atoms with Crippen molar-refractivity contribution in [2.45, 2.75) is 65.0 Å². The second-order valence-electron chi connectivity index (χ2n) is 10.5. The van der Waals surface area contributed by atoms with Gasteiger partial charge in [0.25, 0.3) is 0 Å². The van der Waals surface area contributed by atoms with Gasteiger partial charge in [0.1, 0.15) is 11.9 Å². The number of aliphatic hydroxyl groups excluding tert-OH is 3. The van der Waals surface area contributed by atoms with Gasteiger partial charge in [-0.25, -0.2) is 0 Å². The molecule has 0 bridgehead atoms. The molecular formula is C26H39NO4. The van der Waals surface area contributed by atoms with E-state index in [9.17, 15) is 15.3 Å². The number of aliphatic hydroxyl groups is 3. The van der Waals surface area contributed by atoms with Crippen LogP contribution in [0.15, 0.2) is 42.5 Å². The van der Waals surface area contributed by atoms with E-state index >= 15 is 0 Å². The van der Waals surface area contributed by atoms with Crippen LogP contribution in [0.2, 0.25) is 0 Å². The summed E-state index contributed by atoms with van der Waals surface area (Å²) in [5.74, 6) is 0.732. The van der Waals surface area contributed by atoms with Crippen molar-refractivity contribution in [3.05, 3.63) is 64.7 Å². The topological polar surface area (TPSA) is 95.9 Å². The van der Waals surface area contributed by atoms with Gasteiger partial charge in [-0.2, -0.15) is 0 Å². The number of benzene rings is 2. The third-order valence-corrected chi connectivity index (χ3v) is 5.89. The van der Waals surface area contributed by atoms with E-state index in [-0.39, 0.29) is 10.8 Å². The van der Waals surface area contributed by atoms with E-state index in [0.717, 1.165) is 28.0 Å². The molecule has 0 heterocycles. The van der Waals surface area contributed by atoms with Crippen LogP contribution >= 0.6 is 0 Å². The summed E-state index contributed by atoms with van der Waals surface area (Å²) >= 11 is 0. The first-order valence-electron chi connectivity index (χ1n) is 10.9. The van der Waals surface area contributed by atoms with E-state index in [1.165, 1.54) is 0 Å². The van der Waals surface area contributed by atoms with Crippen LogP contribution in [0.5, 0.6) is 5.75 Å². The van der Waals surface area contributed by atoms with Crippen molar-refractivity contribution in [1.82, 2.24) is 0 Å². The molecule has 0 aliphatic rings. The molecule has 0 aliphatic carbocycles. The fourth-order valence-corrected chi connectivity index (χ4v) is 3.74. The summed E-state index contributed by atoms with van der Waals surface area (Å²) < 4.78 is 6.72. The fraction of sp³-hybridized carbons (Fsp3) is 0.538. The van der Waals surface area contributed by atoms with Gasteiger partial charge in [-0.3, -0.25) is 0 Å². The average Bonchev–Trinajstić information content (AvgIpc) is 2.73. The minimum atomic E-state index is -1.26. The highest BCUT2D eigenvalue weighted by Crippen LogP contribution is 2.45. The second-order valence-corrected chi connectivity index (χ2v) is 10.5. The Morgan fingerprint density at radius 3 is 1.58 bits per heavy atom. The van der Waals surface area contributed by atoms with Crippen molar-refractivity contribution >= 4 is 0 Å². The summed E-state index contributed by atoms with van der Waals surface area (Å²) in [6.45, 7) is 11.9. The molecule has 0 radical (unpaired) electrons. The molecule has 2 aromatic carbocycles. The van der Waals surface area contributed by atoms with E-state index in [1.54, 1.807) is 0 Å². The third kappa shape index (κ3) is 5.47. The van der Waals surface area contributed by atoms with Gasteiger partial charge >= 0.3 is 0 Å². The van der Waals surface area contributed by atoms with Gasteiger partial charge in [0.15, 0.2) is 0 Å². The lowest BCUT2D eigenvalue weighted by atomic mass is 9.78. The first-order valence-corrected chi connectivity index (χ1v) is 10.9. The van der Waals surface area contributed by atoms with Crippen molar-refractivity contribution in [1.29, 1.82) is 0 Å². The largest absolute Gasteiger partial charge is 0.484 e. The smallest absolute Gasteiger partial charge is 0.136 e. The zero-order valence-electron chi connectivity index (χ0n) is 19.8. The quantitative estimate of drug-likeness (QED) is 0.512. The van der Waals surface area contributed by atoms with E-state index in [1.807, 2.05) is 30.3 Å². The number of para-hydroxylation sites is 1. The molecule has 5 N–H and O–H groups in total. The van der Waals surface area contributed by atoms with Gasteiger partial charge in [0.05, 0.1) is 25.2 Å². The van der Waals surface area contributed by atoms with Crippen molar-refractivity contribution < 1.29 is 20.1 Å². The molecule has 5 heteroatoms. The summed E-state index contributed by atoms with van der Waals surface area (Å²) in [7, 11) is 0. The Kier molecular flexibility index (Phi) is 7.93. The Morgan fingerprint density at radius 2 is 1.23 bits per heavy atom. The Morgan fingerprint density at radius 1 is 0.774 bits per heavy atom. The molecule has 5 nitrogen and oxygen atoms in total. The van der Waals surface area contributed by atoms with Gasteiger partial charge in [0, 0.05) is 6.54 Å². The van der Waals surface area contributed by atoms with Crippen LogP contribution < -0.4 is 10.5 Å². The number of nitrogens with two attached hydrogens (primary N) is 1. The van der Waals surface area contributed by atoms with Crippen LogP contribution in [0.25, 0.3) is 0 Å². The van der Waals surface area contributed by atoms with Crippen molar-refractivity contribution in [2.24, 2.45) is 11.1 Å². The number of rotatable bonds is 8. The highest BCUT2D eigenvalue weighted by molar-refractivity contribution is 5.49. The monoisotopic (exact) mass is 429 g/mol. The van der Waals surface area contributed by atoms with E-state index < -0.39 is 31.3 Å². The molecule has 0 fully saturated rings. The van der Waals surface area contributed by atoms with Crippen LogP contribution in [0, 0.1) is 5.41 Å². The number of hydrogen-bond donors (Lipinski definition) is 4. The minimum absolute atomic E-state index is 0.190. The first-order chi connectivity index (χ1) is 14.4. The van der Waals surface area contributed by atoms with E-state index in [0.29, 0.717) is 6.54 Å². The van der Waals surface area contributed by atoms with E-state index in [4.69, 9.17) is 10.5 Å². The summed E-state index contributed by atoms with van der Waals surface area (Å²) in [5.41, 5.74) is 7.91. The molecule has 0 amide bonds. The lowest BCUT2D eigenvalue weighted by molar-refractivity contribution is -0.0751. The number of hydrogen-bond acceptors (Lipinski definition) is 5. The predicted octanol–water partition coefficient (Wildman–Crippen LogP) is 3.82. The molecule has 172 valence electrons. The third-order valence-electron chi connectivity index (χ3n) is 5.89. The normalized spacial score (nSPS) is 13.9. The van der Waals surface area contributed by atoms with Crippen molar-refractivity contribution in [3.63, 3.8) is 0 Å². The van der Waals surface area contributed by atoms with Crippen molar-refractivity contribution in [2.75, 3.05) is 19.8 Å². The lowest BCUT2D eigenvalue weighted by Gasteiger charge is -2.39. The van der Waals surface area contributed by atoms with Crippen LogP contribution in [0.4, 0.5) is 0 Å². The van der Waals surface area contributed by atoms with Crippen LogP contribution in [-0.4, -0.2) is 35.1 Å². The lowest BCUT2D eigenvalue weighted by Crippen LogP contribution is -2.43. The molecule has 31 heavy (non-hydrogen) atoms. The number of ether oxygens (including phenoxy) is 1. The maximum atomic E-state index is 10.2. The molecule has 0 aromatic heterocycles. The molecule has 0 saturated carbocycles. The minimum Gasteiger partial charge on any atom is -0.484 e. The predicted molar refractivity (Wildman–Crippen MR) is 125 cm³/mol. The molecule has 0 aliphatic heterocycles. The van der Waals surface area contributed by atoms with Gasteiger partial charge < -0.3 is 25.8 Å². The molecule has 1 unspecified atom stereocenters. The van der Waals surface area contributed by atoms with Gasteiger partial charge in [-0.1, -0.05) is 84.0 Å². The summed E-state index contributed by atoms with van der Waals surface area (Å²) in [6, 6.07) is 13.7. The maximum absolute atomic E-state index is 10.2. The first kappa shape index (κ1) is 25.3. The summed E-state index contributed by atoms with van der Waals surface area (Å²) in [4.78, 5) is 0. The summed E-state index contributed by atoms with van der Waals surface area (Å²) in [5, 5.41) is 30.7. The van der Waals surface area contributed by atoms with Gasteiger partial charge in [0.2, 0.25) is 0 Å². The molecule has 0 saturated heterocycles. The Balaban J connectivity index is 2.74.